The third-order valence-corrected chi connectivity index (χ3v) is 3.03. The van der Waals surface area contributed by atoms with Gasteiger partial charge in [0.1, 0.15) is 5.15 Å². The standard InChI is InChI=1S/C9H15ClN2OS/c1-6(2)7(4-13-3)11-9-12-8(10)5-14-9/h5-7H,4H2,1-3H3,(H,11,12). The van der Waals surface area contributed by atoms with Crippen molar-refractivity contribution in [1.82, 2.24) is 4.98 Å². The zero-order chi connectivity index (χ0) is 10.6. The largest absolute Gasteiger partial charge is 0.383 e. The summed E-state index contributed by atoms with van der Waals surface area (Å²) in [5, 5.41) is 6.50. The molecule has 0 bridgehead atoms. The van der Waals surface area contributed by atoms with Gasteiger partial charge in [-0.2, -0.15) is 0 Å². The molecule has 1 atom stereocenters. The number of aromatic nitrogens is 1. The van der Waals surface area contributed by atoms with E-state index in [1.54, 1.807) is 7.11 Å². The fourth-order valence-corrected chi connectivity index (χ4v) is 1.96. The van der Waals surface area contributed by atoms with Gasteiger partial charge in [0.25, 0.3) is 0 Å². The molecule has 0 aliphatic heterocycles. The molecule has 3 nitrogen and oxygen atoms in total. The topological polar surface area (TPSA) is 34.1 Å². The SMILES string of the molecule is COCC(Nc1nc(Cl)cs1)C(C)C. The molecule has 0 spiro atoms. The molecule has 1 heterocycles. The van der Waals surface area contributed by atoms with E-state index < -0.39 is 0 Å². The van der Waals surface area contributed by atoms with E-state index in [-0.39, 0.29) is 6.04 Å². The van der Waals surface area contributed by atoms with Crippen molar-refractivity contribution in [2.24, 2.45) is 5.92 Å². The number of ether oxygens (including phenoxy) is 1. The summed E-state index contributed by atoms with van der Waals surface area (Å²) in [7, 11) is 1.70. The summed E-state index contributed by atoms with van der Waals surface area (Å²) >= 11 is 7.24. The van der Waals surface area contributed by atoms with Gasteiger partial charge in [-0.1, -0.05) is 25.4 Å². The number of hydrogen-bond acceptors (Lipinski definition) is 4. The quantitative estimate of drug-likeness (QED) is 0.851. The van der Waals surface area contributed by atoms with Gasteiger partial charge in [0.2, 0.25) is 0 Å². The summed E-state index contributed by atoms with van der Waals surface area (Å²) in [4.78, 5) is 4.13. The minimum Gasteiger partial charge on any atom is -0.383 e. The number of halogens is 1. The van der Waals surface area contributed by atoms with Crippen molar-refractivity contribution in [3.8, 4) is 0 Å². The van der Waals surface area contributed by atoms with E-state index in [2.05, 4.69) is 24.1 Å². The molecule has 0 radical (unpaired) electrons. The third kappa shape index (κ3) is 3.44. The van der Waals surface area contributed by atoms with Crippen LogP contribution < -0.4 is 5.32 Å². The Morgan fingerprint density at radius 3 is 2.79 bits per heavy atom. The van der Waals surface area contributed by atoms with Gasteiger partial charge in [0, 0.05) is 12.5 Å². The summed E-state index contributed by atoms with van der Waals surface area (Å²) in [6, 6.07) is 0.280. The van der Waals surface area contributed by atoms with Crippen LogP contribution in [0.4, 0.5) is 5.13 Å². The molecule has 0 aliphatic rings. The molecule has 5 heteroatoms. The molecular weight excluding hydrogens is 220 g/mol. The summed E-state index contributed by atoms with van der Waals surface area (Å²) in [5.74, 6) is 0.498. The molecule has 0 fully saturated rings. The van der Waals surface area contributed by atoms with E-state index in [1.807, 2.05) is 5.38 Å². The summed E-state index contributed by atoms with van der Waals surface area (Å²) in [6.45, 7) is 4.96. The van der Waals surface area contributed by atoms with Crippen molar-refractivity contribution in [1.29, 1.82) is 0 Å². The maximum absolute atomic E-state index is 5.73. The number of hydrogen-bond donors (Lipinski definition) is 1. The molecule has 1 rings (SSSR count). The molecule has 0 aliphatic carbocycles. The number of anilines is 1. The Labute approximate surface area is 93.4 Å². The second kappa shape index (κ2) is 5.53. The second-order valence-electron chi connectivity index (χ2n) is 3.43. The summed E-state index contributed by atoms with van der Waals surface area (Å²) < 4.78 is 5.13. The van der Waals surface area contributed by atoms with E-state index in [4.69, 9.17) is 16.3 Å². The van der Waals surface area contributed by atoms with Crippen LogP contribution in [0.5, 0.6) is 0 Å². The molecule has 1 unspecified atom stereocenters. The predicted octanol–water partition coefficient (Wildman–Crippen LogP) is 2.88. The minimum absolute atomic E-state index is 0.280. The monoisotopic (exact) mass is 234 g/mol. The average Bonchev–Trinajstić information content (AvgIpc) is 2.50. The first kappa shape index (κ1) is 11.8. The van der Waals surface area contributed by atoms with Crippen LogP contribution in [-0.4, -0.2) is 24.7 Å². The number of nitrogens with zero attached hydrogens (tertiary/aromatic N) is 1. The number of rotatable bonds is 5. The van der Waals surface area contributed by atoms with Crippen molar-refractivity contribution in [2.75, 3.05) is 19.0 Å². The van der Waals surface area contributed by atoms with E-state index in [0.717, 1.165) is 5.13 Å². The van der Waals surface area contributed by atoms with Crippen LogP contribution in [0.2, 0.25) is 5.15 Å². The van der Waals surface area contributed by atoms with Gasteiger partial charge in [0.05, 0.1) is 12.6 Å². The maximum Gasteiger partial charge on any atom is 0.184 e. The van der Waals surface area contributed by atoms with Gasteiger partial charge in [-0.3, -0.25) is 0 Å². The number of methoxy groups -OCH3 is 1. The van der Waals surface area contributed by atoms with Crippen LogP contribution in [0.1, 0.15) is 13.8 Å². The lowest BCUT2D eigenvalue weighted by atomic mass is 10.1. The molecule has 0 saturated carbocycles. The maximum atomic E-state index is 5.73. The molecule has 1 N–H and O–H groups in total. The van der Waals surface area contributed by atoms with Crippen molar-refractivity contribution in [3.05, 3.63) is 10.5 Å². The van der Waals surface area contributed by atoms with Gasteiger partial charge in [-0.05, 0) is 5.92 Å². The Kier molecular flexibility index (Phi) is 4.65. The molecule has 80 valence electrons. The van der Waals surface area contributed by atoms with Crippen LogP contribution in [0.3, 0.4) is 0 Å². The smallest absolute Gasteiger partial charge is 0.184 e. The zero-order valence-corrected chi connectivity index (χ0v) is 10.2. The minimum atomic E-state index is 0.280. The fraction of sp³-hybridized carbons (Fsp3) is 0.667. The average molecular weight is 235 g/mol. The Morgan fingerprint density at radius 1 is 1.64 bits per heavy atom. The normalized spacial score (nSPS) is 13.2. The van der Waals surface area contributed by atoms with Crippen molar-refractivity contribution < 1.29 is 4.74 Å². The van der Waals surface area contributed by atoms with Gasteiger partial charge < -0.3 is 10.1 Å². The van der Waals surface area contributed by atoms with Gasteiger partial charge in [0.15, 0.2) is 5.13 Å². The van der Waals surface area contributed by atoms with E-state index in [9.17, 15) is 0 Å². The lowest BCUT2D eigenvalue weighted by Crippen LogP contribution is -2.30. The highest BCUT2D eigenvalue weighted by molar-refractivity contribution is 7.14. The highest BCUT2D eigenvalue weighted by Gasteiger charge is 2.14. The lowest BCUT2D eigenvalue weighted by molar-refractivity contribution is 0.171. The van der Waals surface area contributed by atoms with E-state index in [1.165, 1.54) is 11.3 Å². The first-order valence-electron chi connectivity index (χ1n) is 4.50. The predicted molar refractivity (Wildman–Crippen MR) is 61.2 cm³/mol. The van der Waals surface area contributed by atoms with Crippen LogP contribution in [0, 0.1) is 5.92 Å². The Bertz CT molecular complexity index is 278. The molecule has 0 aromatic carbocycles. The Balaban J connectivity index is 2.55. The van der Waals surface area contributed by atoms with E-state index in [0.29, 0.717) is 17.7 Å². The molecule has 1 aromatic rings. The van der Waals surface area contributed by atoms with E-state index >= 15 is 0 Å². The fourth-order valence-electron chi connectivity index (χ4n) is 1.06. The molecule has 0 amide bonds. The lowest BCUT2D eigenvalue weighted by Gasteiger charge is -2.20. The first-order valence-corrected chi connectivity index (χ1v) is 5.75. The summed E-state index contributed by atoms with van der Waals surface area (Å²) in [5.41, 5.74) is 0. The van der Waals surface area contributed by atoms with Crippen LogP contribution in [0.25, 0.3) is 0 Å². The van der Waals surface area contributed by atoms with Gasteiger partial charge in [-0.25, -0.2) is 4.98 Å². The molecule has 1 aromatic heterocycles. The van der Waals surface area contributed by atoms with Crippen LogP contribution >= 0.6 is 22.9 Å². The molecular formula is C9H15ClN2OS. The van der Waals surface area contributed by atoms with Crippen molar-refractivity contribution in [2.45, 2.75) is 19.9 Å². The summed E-state index contributed by atoms with van der Waals surface area (Å²) in [6.07, 6.45) is 0. The molecule has 0 saturated heterocycles. The van der Waals surface area contributed by atoms with Crippen LogP contribution in [-0.2, 0) is 4.74 Å². The van der Waals surface area contributed by atoms with Crippen molar-refractivity contribution >= 4 is 28.1 Å². The number of thiazole rings is 1. The third-order valence-electron chi connectivity index (χ3n) is 1.94. The first-order chi connectivity index (χ1) is 6.63. The van der Waals surface area contributed by atoms with Gasteiger partial charge >= 0.3 is 0 Å². The highest BCUT2D eigenvalue weighted by Crippen LogP contribution is 2.21. The van der Waals surface area contributed by atoms with Gasteiger partial charge in [-0.15, -0.1) is 11.3 Å². The molecule has 14 heavy (non-hydrogen) atoms. The Morgan fingerprint density at radius 2 is 2.36 bits per heavy atom. The second-order valence-corrected chi connectivity index (χ2v) is 4.67. The number of nitrogens with one attached hydrogen (secondary N) is 1. The highest BCUT2D eigenvalue weighted by atomic mass is 35.5. The van der Waals surface area contributed by atoms with Crippen LogP contribution in [0.15, 0.2) is 5.38 Å². The Hall–Kier alpha value is -0.320. The van der Waals surface area contributed by atoms with Crippen molar-refractivity contribution in [3.63, 3.8) is 0 Å². The zero-order valence-electron chi connectivity index (χ0n) is 8.58.